The Balaban J connectivity index is 1.66. The molecule has 2 fully saturated rings. The minimum Gasteiger partial charge on any atom is -0.385 e. The first-order valence-corrected chi connectivity index (χ1v) is 12.6. The van der Waals surface area contributed by atoms with Crippen molar-refractivity contribution in [3.8, 4) is 6.07 Å². The molecule has 3 aliphatic carbocycles. The fourth-order valence-electron chi connectivity index (χ4n) is 4.97. The van der Waals surface area contributed by atoms with Crippen LogP contribution in [0.1, 0.15) is 70.0 Å². The molecule has 5 nitrogen and oxygen atoms in total. The third-order valence-corrected chi connectivity index (χ3v) is 8.89. The standard InChI is InChI=1S/C25H24FNO4S/c1-14-8-16(12-27)10-17(9-14)23(28)19-6-7-21(32(30,31)13-15-2-3-15)22-20(19)11-25(26,24(22)29)18-4-5-18/h6-10,15,18,24,29H,2-5,11,13H2,1H3/t24-,25?/m0/s1. The summed E-state index contributed by atoms with van der Waals surface area (Å²) < 4.78 is 42.2. The summed E-state index contributed by atoms with van der Waals surface area (Å²) in [6, 6.07) is 9.63. The van der Waals surface area contributed by atoms with Crippen molar-refractivity contribution in [2.75, 3.05) is 5.75 Å². The maximum absolute atomic E-state index is 16.0. The van der Waals surface area contributed by atoms with Crippen LogP contribution in [0.4, 0.5) is 4.39 Å². The monoisotopic (exact) mass is 453 g/mol. The van der Waals surface area contributed by atoms with E-state index in [2.05, 4.69) is 0 Å². The predicted octanol–water partition coefficient (Wildman–Crippen LogP) is 3.99. The van der Waals surface area contributed by atoms with Gasteiger partial charge in [-0.05, 0) is 85.9 Å². The summed E-state index contributed by atoms with van der Waals surface area (Å²) in [5.41, 5.74) is -0.0639. The van der Waals surface area contributed by atoms with E-state index in [9.17, 15) is 23.6 Å². The van der Waals surface area contributed by atoms with Gasteiger partial charge in [0, 0.05) is 23.1 Å². The molecule has 0 radical (unpaired) electrons. The third kappa shape index (κ3) is 3.46. The van der Waals surface area contributed by atoms with Gasteiger partial charge in [0.25, 0.3) is 0 Å². The van der Waals surface area contributed by atoms with Crippen molar-refractivity contribution in [2.24, 2.45) is 11.8 Å². The summed E-state index contributed by atoms with van der Waals surface area (Å²) >= 11 is 0. The van der Waals surface area contributed by atoms with Gasteiger partial charge in [-0.15, -0.1) is 0 Å². The molecular formula is C25H24FNO4S. The first-order valence-electron chi connectivity index (χ1n) is 11.0. The SMILES string of the molecule is Cc1cc(C#N)cc(C(=O)c2ccc(S(=O)(=O)CC3CC3)c3c2CC(F)(C2CC2)[C@H]3O)c1. The maximum atomic E-state index is 16.0. The molecule has 0 bridgehead atoms. The number of sulfone groups is 1. The van der Waals surface area contributed by atoms with E-state index >= 15 is 4.39 Å². The Morgan fingerprint density at radius 2 is 1.94 bits per heavy atom. The lowest BCUT2D eigenvalue weighted by Crippen LogP contribution is -2.31. The number of nitrogens with zero attached hydrogens (tertiary/aromatic N) is 1. The first-order chi connectivity index (χ1) is 15.1. The van der Waals surface area contributed by atoms with Gasteiger partial charge in [0.1, 0.15) is 11.8 Å². The van der Waals surface area contributed by atoms with Crippen LogP contribution in [0.15, 0.2) is 35.2 Å². The average Bonchev–Trinajstić information content (AvgIpc) is 3.66. The Labute approximate surface area is 186 Å². The fourth-order valence-corrected chi connectivity index (χ4v) is 6.95. The highest BCUT2D eigenvalue weighted by Gasteiger charge is 2.57. The lowest BCUT2D eigenvalue weighted by Gasteiger charge is -2.24. The number of rotatable bonds is 6. The van der Waals surface area contributed by atoms with Crippen LogP contribution in [0.25, 0.3) is 0 Å². The van der Waals surface area contributed by atoms with Crippen molar-refractivity contribution in [3.63, 3.8) is 0 Å². The number of aliphatic hydroxyl groups is 1. The van der Waals surface area contributed by atoms with Gasteiger partial charge < -0.3 is 5.11 Å². The number of carbonyl (C=O) groups is 1. The second-order valence-electron chi connectivity index (χ2n) is 9.54. The third-order valence-electron chi connectivity index (χ3n) is 6.95. The molecule has 0 amide bonds. The van der Waals surface area contributed by atoms with E-state index < -0.39 is 27.4 Å². The maximum Gasteiger partial charge on any atom is 0.193 e. The second kappa shape index (κ2) is 7.23. The molecule has 3 aliphatic rings. The molecule has 2 aromatic carbocycles. The van der Waals surface area contributed by atoms with Crippen LogP contribution in [0.3, 0.4) is 0 Å². The Hall–Kier alpha value is -2.56. The number of fused-ring (bicyclic) bond motifs is 1. The van der Waals surface area contributed by atoms with Crippen molar-refractivity contribution in [3.05, 3.63) is 63.7 Å². The molecule has 166 valence electrons. The van der Waals surface area contributed by atoms with E-state index in [-0.39, 0.29) is 51.2 Å². The summed E-state index contributed by atoms with van der Waals surface area (Å²) in [7, 11) is -3.72. The fraction of sp³-hybridized carbons (Fsp3) is 0.440. The van der Waals surface area contributed by atoms with E-state index in [1.54, 1.807) is 19.1 Å². The molecule has 2 aromatic rings. The van der Waals surface area contributed by atoms with E-state index in [1.807, 2.05) is 6.07 Å². The largest absolute Gasteiger partial charge is 0.385 e. The number of benzene rings is 2. The Morgan fingerprint density at radius 1 is 1.22 bits per heavy atom. The molecule has 0 spiro atoms. The molecular weight excluding hydrogens is 429 g/mol. The van der Waals surface area contributed by atoms with Crippen LogP contribution >= 0.6 is 0 Å². The molecule has 0 saturated heterocycles. The lowest BCUT2D eigenvalue weighted by molar-refractivity contribution is -0.0140. The molecule has 0 aliphatic heterocycles. The highest BCUT2D eigenvalue weighted by molar-refractivity contribution is 7.91. The smallest absolute Gasteiger partial charge is 0.193 e. The van der Waals surface area contributed by atoms with E-state index in [0.717, 1.165) is 18.4 Å². The van der Waals surface area contributed by atoms with Crippen molar-refractivity contribution in [1.29, 1.82) is 5.26 Å². The predicted molar refractivity (Wildman–Crippen MR) is 116 cm³/mol. The molecule has 2 atom stereocenters. The summed E-state index contributed by atoms with van der Waals surface area (Å²) in [6.45, 7) is 1.78. The number of halogens is 1. The number of aryl methyl sites for hydroxylation is 1. The molecule has 7 heteroatoms. The molecule has 0 aromatic heterocycles. The van der Waals surface area contributed by atoms with Crippen LogP contribution in [0, 0.1) is 30.1 Å². The van der Waals surface area contributed by atoms with Crippen LogP contribution in [0.5, 0.6) is 0 Å². The zero-order chi connectivity index (χ0) is 22.8. The topological polar surface area (TPSA) is 95.2 Å². The number of hydrogen-bond donors (Lipinski definition) is 1. The van der Waals surface area contributed by atoms with Crippen LogP contribution < -0.4 is 0 Å². The summed E-state index contributed by atoms with van der Waals surface area (Å²) in [6.07, 6.45) is 1.22. The van der Waals surface area contributed by atoms with E-state index in [4.69, 9.17) is 0 Å². The van der Waals surface area contributed by atoms with Gasteiger partial charge in [-0.3, -0.25) is 4.79 Å². The van der Waals surface area contributed by atoms with Gasteiger partial charge in [0.2, 0.25) is 0 Å². The zero-order valence-electron chi connectivity index (χ0n) is 17.8. The van der Waals surface area contributed by atoms with Crippen molar-refractivity contribution in [1.82, 2.24) is 0 Å². The van der Waals surface area contributed by atoms with Gasteiger partial charge in [-0.1, -0.05) is 0 Å². The molecule has 2 saturated carbocycles. The molecule has 1 N–H and O–H groups in total. The van der Waals surface area contributed by atoms with Gasteiger partial charge >= 0.3 is 0 Å². The van der Waals surface area contributed by atoms with Gasteiger partial charge in [-0.25, -0.2) is 12.8 Å². The van der Waals surface area contributed by atoms with Crippen molar-refractivity contribution in [2.45, 2.75) is 55.7 Å². The number of nitriles is 1. The van der Waals surface area contributed by atoms with Gasteiger partial charge in [0.15, 0.2) is 15.6 Å². The first kappa shape index (κ1) is 21.3. The molecule has 1 unspecified atom stereocenters. The summed E-state index contributed by atoms with van der Waals surface area (Å²) in [4.78, 5) is 13.4. The number of ketones is 1. The Kier molecular flexibility index (Phi) is 4.81. The lowest BCUT2D eigenvalue weighted by atomic mass is 9.92. The molecule has 5 rings (SSSR count). The van der Waals surface area contributed by atoms with Crippen LogP contribution in [-0.2, 0) is 16.3 Å². The average molecular weight is 454 g/mol. The van der Waals surface area contributed by atoms with E-state index in [0.29, 0.717) is 18.4 Å². The number of alkyl halides is 1. The Bertz CT molecular complexity index is 1290. The Morgan fingerprint density at radius 3 is 2.56 bits per heavy atom. The van der Waals surface area contributed by atoms with E-state index in [1.165, 1.54) is 18.2 Å². The summed E-state index contributed by atoms with van der Waals surface area (Å²) in [5, 5.41) is 20.3. The molecule has 32 heavy (non-hydrogen) atoms. The van der Waals surface area contributed by atoms with Gasteiger partial charge in [-0.2, -0.15) is 5.26 Å². The summed E-state index contributed by atoms with van der Waals surface area (Å²) in [5.74, 6) is -0.660. The molecule has 0 heterocycles. The van der Waals surface area contributed by atoms with Crippen molar-refractivity contribution < 1.29 is 22.7 Å². The minimum absolute atomic E-state index is 0.0222. The van der Waals surface area contributed by atoms with Gasteiger partial charge in [0.05, 0.1) is 22.3 Å². The van der Waals surface area contributed by atoms with Crippen LogP contribution in [0.2, 0.25) is 0 Å². The van der Waals surface area contributed by atoms with Crippen molar-refractivity contribution >= 4 is 15.6 Å². The zero-order valence-corrected chi connectivity index (χ0v) is 18.6. The number of hydrogen-bond acceptors (Lipinski definition) is 5. The highest BCUT2D eigenvalue weighted by Crippen LogP contribution is 2.56. The van der Waals surface area contributed by atoms with Crippen LogP contribution in [-0.4, -0.2) is 30.7 Å². The highest BCUT2D eigenvalue weighted by atomic mass is 32.2. The second-order valence-corrected chi connectivity index (χ2v) is 11.5. The quantitative estimate of drug-likeness (QED) is 0.668. The number of carbonyl (C=O) groups excluding carboxylic acids is 1. The normalized spacial score (nSPS) is 24.8. The minimum atomic E-state index is -3.72. The number of aliphatic hydroxyl groups excluding tert-OH is 1.